The van der Waals surface area contributed by atoms with E-state index in [4.69, 9.17) is 66.1 Å². The quantitative estimate of drug-likeness (QED) is 0.0670. The molecule has 2 aromatic carbocycles. The largest absolute Gasteiger partial charge is 0.492 e. The van der Waals surface area contributed by atoms with E-state index in [2.05, 4.69) is 0 Å². The van der Waals surface area contributed by atoms with Crippen molar-refractivity contribution in [3.05, 3.63) is 91.1 Å². The highest BCUT2D eigenvalue weighted by Gasteiger charge is 2.34. The molecule has 6 heterocycles. The van der Waals surface area contributed by atoms with Gasteiger partial charge in [-0.05, 0) is 49.2 Å². The van der Waals surface area contributed by atoms with Gasteiger partial charge in [-0.2, -0.15) is 27.0 Å². The number of aliphatic hydroxyl groups excluding tert-OH is 2. The van der Waals surface area contributed by atoms with E-state index in [0.717, 1.165) is 22.7 Å². The highest BCUT2D eigenvalue weighted by molar-refractivity contribution is 7.88. The van der Waals surface area contributed by atoms with Crippen LogP contribution in [0.4, 0.5) is 0 Å². The molecule has 59 heavy (non-hydrogen) atoms. The lowest BCUT2D eigenvalue weighted by Gasteiger charge is -2.12. The molecule has 0 bridgehead atoms. The Balaban J connectivity index is 1.03. The maximum absolute atomic E-state index is 12.1. The molecule has 0 fully saturated rings. The molecule has 6 aromatic rings. The highest BCUT2D eigenvalue weighted by Crippen LogP contribution is 2.48. The molecular formula is C37H32Cl4N4O10S4. The lowest BCUT2D eigenvalue weighted by atomic mass is 9.99. The number of hydrogen-bond donors (Lipinski definition) is 4. The Labute approximate surface area is 366 Å². The van der Waals surface area contributed by atoms with Gasteiger partial charge in [-0.1, -0.05) is 65.7 Å². The van der Waals surface area contributed by atoms with E-state index in [1.165, 1.54) is 21.5 Å². The van der Waals surface area contributed by atoms with Crippen molar-refractivity contribution in [2.45, 2.75) is 65.6 Å². The molecule has 0 spiro atoms. The summed E-state index contributed by atoms with van der Waals surface area (Å²) in [6, 6.07) is 12.2. The fourth-order valence-electron chi connectivity index (χ4n) is 7.24. The van der Waals surface area contributed by atoms with Crippen LogP contribution in [0.25, 0.3) is 32.5 Å². The van der Waals surface area contributed by atoms with Crippen LogP contribution < -0.4 is 9.47 Å². The first-order valence-corrected chi connectivity index (χ1v) is 24.0. The van der Waals surface area contributed by atoms with Crippen molar-refractivity contribution in [3.63, 3.8) is 0 Å². The number of hydrogen-bond acceptors (Lipinski definition) is 12. The summed E-state index contributed by atoms with van der Waals surface area (Å²) in [4.78, 5) is 0.797. The lowest BCUT2D eigenvalue weighted by molar-refractivity contribution is 0.148. The molecule has 0 radical (unpaired) electrons. The molecule has 2 unspecified atom stereocenters. The number of ether oxygens (including phenoxy) is 2. The molecule has 0 amide bonds. The van der Waals surface area contributed by atoms with Gasteiger partial charge < -0.3 is 19.7 Å². The molecule has 0 aliphatic carbocycles. The molecule has 4 N–H and O–H groups in total. The van der Waals surface area contributed by atoms with E-state index >= 15 is 0 Å². The Morgan fingerprint density at radius 1 is 0.644 bits per heavy atom. The van der Waals surface area contributed by atoms with Gasteiger partial charge in [0.15, 0.2) is 8.42 Å². The molecule has 4 aromatic heterocycles. The van der Waals surface area contributed by atoms with Gasteiger partial charge in [-0.3, -0.25) is 9.11 Å². The monoisotopic (exact) mass is 960 g/mol. The fourth-order valence-corrected chi connectivity index (χ4v) is 11.9. The van der Waals surface area contributed by atoms with Crippen LogP contribution in [0.1, 0.15) is 66.8 Å². The predicted molar refractivity (Wildman–Crippen MR) is 225 cm³/mol. The number of rotatable bonds is 12. The summed E-state index contributed by atoms with van der Waals surface area (Å²) in [5, 5.41) is 34.1. The SMILES string of the molecule is O=S(=O)(O)c1cc2c(s1)-c1c(c(C(O)CCCCCC(O)c3nn(-c4ccc(Cl)cc4Cl)c4c3CCOc3cc(S(=O)(=O)O)sc3-4)nn1-c1ccc(Cl)cc1Cl)CCO2. The second kappa shape index (κ2) is 16.6. The third-order valence-corrected chi connectivity index (χ3v) is 15.8. The highest BCUT2D eigenvalue weighted by atomic mass is 35.5. The fraction of sp³-hybridized carbons (Fsp3) is 0.297. The van der Waals surface area contributed by atoms with Gasteiger partial charge >= 0.3 is 20.2 Å². The summed E-state index contributed by atoms with van der Waals surface area (Å²) >= 11 is 27.2. The maximum atomic E-state index is 12.1. The van der Waals surface area contributed by atoms with Gasteiger partial charge in [-0.25, -0.2) is 9.36 Å². The summed E-state index contributed by atoms with van der Waals surface area (Å²) in [6.07, 6.45) is 0.914. The van der Waals surface area contributed by atoms with Crippen molar-refractivity contribution < 1.29 is 45.6 Å². The average molecular weight is 963 g/mol. The van der Waals surface area contributed by atoms with Crippen molar-refractivity contribution in [3.8, 4) is 44.0 Å². The number of aliphatic hydroxyl groups is 2. The van der Waals surface area contributed by atoms with Crippen molar-refractivity contribution in [2.24, 2.45) is 0 Å². The van der Waals surface area contributed by atoms with Gasteiger partial charge in [-0.15, -0.1) is 22.7 Å². The Hall–Kier alpha value is -3.24. The van der Waals surface area contributed by atoms with Crippen LogP contribution in [0, 0.1) is 0 Å². The van der Waals surface area contributed by atoms with Crippen LogP contribution >= 0.6 is 69.1 Å². The van der Waals surface area contributed by atoms with Gasteiger partial charge in [0, 0.05) is 46.1 Å². The van der Waals surface area contributed by atoms with Crippen molar-refractivity contribution in [1.82, 2.24) is 19.6 Å². The topological polar surface area (TPSA) is 203 Å². The third kappa shape index (κ3) is 8.39. The van der Waals surface area contributed by atoms with E-state index in [1.54, 1.807) is 36.4 Å². The first kappa shape index (κ1) is 42.5. The van der Waals surface area contributed by atoms with Crippen molar-refractivity contribution >= 4 is 89.3 Å². The normalized spacial score (nSPS) is 14.9. The second-order valence-corrected chi connectivity index (χ2v) is 20.9. The molecule has 0 saturated heterocycles. The van der Waals surface area contributed by atoms with Gasteiger partial charge in [0.05, 0.1) is 79.4 Å². The van der Waals surface area contributed by atoms with Crippen LogP contribution in [0.3, 0.4) is 0 Å². The molecule has 2 aliphatic rings. The molecule has 2 atom stereocenters. The van der Waals surface area contributed by atoms with Crippen LogP contribution in [-0.4, -0.2) is 68.9 Å². The summed E-state index contributed by atoms with van der Waals surface area (Å²) in [5.74, 6) is 0.493. The zero-order chi connectivity index (χ0) is 42.0. The Morgan fingerprint density at radius 2 is 1.05 bits per heavy atom. The summed E-state index contributed by atoms with van der Waals surface area (Å²) in [7, 11) is -9.08. The number of fused-ring (bicyclic) bond motifs is 6. The molecule has 312 valence electrons. The van der Waals surface area contributed by atoms with Crippen LogP contribution in [-0.2, 0) is 33.1 Å². The van der Waals surface area contributed by atoms with Gasteiger partial charge in [0.2, 0.25) is 0 Å². The molecule has 8 rings (SSSR count). The number of thiophene rings is 2. The minimum atomic E-state index is -4.54. The van der Waals surface area contributed by atoms with Gasteiger partial charge in [0.1, 0.15) is 11.5 Å². The van der Waals surface area contributed by atoms with Crippen molar-refractivity contribution in [1.29, 1.82) is 0 Å². The molecule has 2 aliphatic heterocycles. The number of unbranched alkanes of at least 4 members (excludes halogenated alkanes) is 2. The third-order valence-electron chi connectivity index (χ3n) is 9.90. The van der Waals surface area contributed by atoms with E-state index in [0.29, 0.717) is 110 Å². The molecule has 0 saturated carbocycles. The summed E-state index contributed by atoms with van der Waals surface area (Å²) in [5.41, 5.74) is 3.84. The Morgan fingerprint density at radius 3 is 1.42 bits per heavy atom. The predicted octanol–water partition coefficient (Wildman–Crippen LogP) is 9.21. The minimum absolute atomic E-state index is 0.157. The average Bonchev–Trinajstić information content (AvgIpc) is 3.91. The van der Waals surface area contributed by atoms with E-state index in [-0.39, 0.29) is 43.2 Å². The summed E-state index contributed by atoms with van der Waals surface area (Å²) in [6.45, 7) is 0.315. The molecule has 22 heteroatoms. The van der Waals surface area contributed by atoms with E-state index in [1.807, 2.05) is 0 Å². The Bertz CT molecular complexity index is 2650. The zero-order valence-electron chi connectivity index (χ0n) is 30.3. The van der Waals surface area contributed by atoms with Crippen LogP contribution in [0.5, 0.6) is 11.5 Å². The van der Waals surface area contributed by atoms with Crippen LogP contribution in [0.15, 0.2) is 56.9 Å². The zero-order valence-corrected chi connectivity index (χ0v) is 36.6. The molecule has 14 nitrogen and oxygen atoms in total. The minimum Gasteiger partial charge on any atom is -0.492 e. The van der Waals surface area contributed by atoms with E-state index in [9.17, 15) is 36.2 Å². The maximum Gasteiger partial charge on any atom is 0.304 e. The lowest BCUT2D eigenvalue weighted by Crippen LogP contribution is -2.07. The second-order valence-electron chi connectivity index (χ2n) is 13.8. The van der Waals surface area contributed by atoms with Crippen molar-refractivity contribution in [2.75, 3.05) is 13.2 Å². The summed E-state index contributed by atoms with van der Waals surface area (Å²) < 4.78 is 82.2. The Kier molecular flexibility index (Phi) is 11.9. The molecular weight excluding hydrogens is 931 g/mol. The number of halogens is 4. The van der Waals surface area contributed by atoms with E-state index < -0.39 is 32.4 Å². The first-order chi connectivity index (χ1) is 28.0. The standard InChI is InChI=1S/C37H32Cl4N4O10S4/c38-18-6-8-24(22(40)14-18)44-34-20(10-12-54-28-16-30(56-36(28)34)58(48,49)50)32(42-44)26(46)4-2-1-3-5-27(47)33-21-11-13-55-29-17-31(59(51,52)53)57-37(29)35(21)45(43-33)25-9-7-19(39)15-23(25)41/h6-9,14-17,26-27,46-47H,1-5,10-13H2,(H,48,49,50)(H,51,52,53). The number of benzene rings is 2. The smallest absolute Gasteiger partial charge is 0.304 e. The van der Waals surface area contributed by atoms with Crippen LogP contribution in [0.2, 0.25) is 20.1 Å². The van der Waals surface area contributed by atoms with Gasteiger partial charge in [0.25, 0.3) is 0 Å². The number of nitrogens with zero attached hydrogens (tertiary/aromatic N) is 4. The number of aromatic nitrogens is 4. The first-order valence-electron chi connectivity index (χ1n) is 18.0.